The molecular formula is C9H12ClN3O2. The highest BCUT2D eigenvalue weighted by atomic mass is 35.5. The first-order chi connectivity index (χ1) is 7.20. The van der Waals surface area contributed by atoms with Crippen LogP contribution in [0.5, 0.6) is 0 Å². The fourth-order valence-corrected chi connectivity index (χ4v) is 1.88. The van der Waals surface area contributed by atoms with E-state index in [9.17, 15) is 4.79 Å². The molecule has 5 nitrogen and oxygen atoms in total. The molecule has 0 aliphatic carbocycles. The molecule has 0 unspecified atom stereocenters. The van der Waals surface area contributed by atoms with Gasteiger partial charge in [0.1, 0.15) is 0 Å². The van der Waals surface area contributed by atoms with Gasteiger partial charge in [0.25, 0.3) is 0 Å². The molecule has 1 amide bonds. The molecule has 0 saturated heterocycles. The van der Waals surface area contributed by atoms with E-state index in [-0.39, 0.29) is 0 Å². The zero-order valence-electron chi connectivity index (χ0n) is 8.19. The molecule has 1 aromatic rings. The number of rotatable bonds is 1. The van der Waals surface area contributed by atoms with Gasteiger partial charge in [-0.05, 0) is 12.5 Å². The van der Waals surface area contributed by atoms with E-state index in [1.807, 2.05) is 10.7 Å². The highest BCUT2D eigenvalue weighted by Crippen LogP contribution is 2.14. The monoisotopic (exact) mass is 229 g/mol. The summed E-state index contributed by atoms with van der Waals surface area (Å²) in [5.41, 5.74) is 1.73. The zero-order chi connectivity index (χ0) is 10.8. The summed E-state index contributed by atoms with van der Waals surface area (Å²) in [4.78, 5) is 12.3. The lowest BCUT2D eigenvalue weighted by atomic mass is 10.3. The van der Waals surface area contributed by atoms with Gasteiger partial charge in [-0.15, -0.1) is 11.6 Å². The van der Waals surface area contributed by atoms with E-state index in [1.54, 1.807) is 0 Å². The first-order valence-electron chi connectivity index (χ1n) is 4.80. The number of halogens is 1. The van der Waals surface area contributed by atoms with Crippen molar-refractivity contribution in [1.82, 2.24) is 14.7 Å². The van der Waals surface area contributed by atoms with Crippen molar-refractivity contribution in [3.63, 3.8) is 0 Å². The van der Waals surface area contributed by atoms with E-state index < -0.39 is 6.09 Å². The molecule has 0 radical (unpaired) electrons. The average Bonchev–Trinajstić information content (AvgIpc) is 2.49. The van der Waals surface area contributed by atoms with Gasteiger partial charge >= 0.3 is 6.09 Å². The highest BCUT2D eigenvalue weighted by molar-refractivity contribution is 6.16. The SMILES string of the molecule is O=C(O)N1CCCn2nc(CCl)cc2C1. The largest absolute Gasteiger partial charge is 0.465 e. The Balaban J connectivity index is 2.23. The Labute approximate surface area is 92.2 Å². The second kappa shape index (κ2) is 4.10. The van der Waals surface area contributed by atoms with Crippen LogP contribution in [0.15, 0.2) is 6.07 Å². The molecule has 82 valence electrons. The molecule has 0 fully saturated rings. The zero-order valence-corrected chi connectivity index (χ0v) is 8.94. The Morgan fingerprint density at radius 2 is 2.40 bits per heavy atom. The Morgan fingerprint density at radius 3 is 3.07 bits per heavy atom. The van der Waals surface area contributed by atoms with Crippen molar-refractivity contribution < 1.29 is 9.90 Å². The third-order valence-corrected chi connectivity index (χ3v) is 2.75. The van der Waals surface area contributed by atoms with Crippen molar-refractivity contribution in [2.75, 3.05) is 6.54 Å². The average molecular weight is 230 g/mol. The Morgan fingerprint density at radius 1 is 1.60 bits per heavy atom. The van der Waals surface area contributed by atoms with Gasteiger partial charge in [-0.3, -0.25) is 4.68 Å². The number of fused-ring (bicyclic) bond motifs is 1. The predicted octanol–water partition coefficient (Wildman–Crippen LogP) is 1.51. The number of nitrogens with zero attached hydrogens (tertiary/aromatic N) is 3. The third kappa shape index (κ3) is 2.07. The summed E-state index contributed by atoms with van der Waals surface area (Å²) in [6, 6.07) is 1.87. The van der Waals surface area contributed by atoms with Gasteiger partial charge in [-0.1, -0.05) is 0 Å². The quantitative estimate of drug-likeness (QED) is 0.743. The van der Waals surface area contributed by atoms with Gasteiger partial charge in [0.15, 0.2) is 0 Å². The number of amides is 1. The maximum atomic E-state index is 10.9. The predicted molar refractivity (Wildman–Crippen MR) is 54.8 cm³/mol. The number of aryl methyl sites for hydroxylation is 1. The third-order valence-electron chi connectivity index (χ3n) is 2.47. The molecule has 2 rings (SSSR count). The smallest absolute Gasteiger partial charge is 0.407 e. The topological polar surface area (TPSA) is 58.4 Å². The first-order valence-corrected chi connectivity index (χ1v) is 5.33. The van der Waals surface area contributed by atoms with Gasteiger partial charge in [-0.2, -0.15) is 5.10 Å². The second-order valence-electron chi connectivity index (χ2n) is 3.54. The van der Waals surface area contributed by atoms with Crippen LogP contribution in [0.1, 0.15) is 17.8 Å². The van der Waals surface area contributed by atoms with Crippen molar-refractivity contribution in [3.05, 3.63) is 17.5 Å². The Bertz CT molecular complexity index is 377. The number of aromatic nitrogens is 2. The summed E-state index contributed by atoms with van der Waals surface area (Å²) in [5.74, 6) is 0.368. The molecule has 0 saturated carbocycles. The maximum Gasteiger partial charge on any atom is 0.407 e. The Hall–Kier alpha value is -1.23. The molecule has 15 heavy (non-hydrogen) atoms. The molecule has 6 heteroatoms. The molecule has 1 aromatic heterocycles. The van der Waals surface area contributed by atoms with E-state index in [4.69, 9.17) is 16.7 Å². The minimum atomic E-state index is -0.878. The van der Waals surface area contributed by atoms with Gasteiger partial charge in [-0.25, -0.2) is 4.79 Å². The van der Waals surface area contributed by atoms with E-state index in [0.29, 0.717) is 19.0 Å². The summed E-state index contributed by atoms with van der Waals surface area (Å²) < 4.78 is 1.85. The lowest BCUT2D eigenvalue weighted by molar-refractivity contribution is 0.143. The summed E-state index contributed by atoms with van der Waals surface area (Å²) in [6.45, 7) is 1.73. The second-order valence-corrected chi connectivity index (χ2v) is 3.81. The van der Waals surface area contributed by atoms with Crippen LogP contribution in [0.3, 0.4) is 0 Å². The minimum Gasteiger partial charge on any atom is -0.465 e. The van der Waals surface area contributed by atoms with Crippen LogP contribution < -0.4 is 0 Å². The van der Waals surface area contributed by atoms with Crippen molar-refractivity contribution in [2.45, 2.75) is 25.4 Å². The van der Waals surface area contributed by atoms with Crippen LogP contribution in [0.4, 0.5) is 4.79 Å². The molecule has 1 aliphatic rings. The summed E-state index contributed by atoms with van der Waals surface area (Å²) in [5, 5.41) is 13.2. The van der Waals surface area contributed by atoms with Gasteiger partial charge in [0, 0.05) is 13.1 Å². The summed E-state index contributed by atoms with van der Waals surface area (Å²) in [6.07, 6.45) is -0.0834. The maximum absolute atomic E-state index is 10.9. The lowest BCUT2D eigenvalue weighted by Crippen LogP contribution is -2.28. The van der Waals surface area contributed by atoms with Crippen LogP contribution in [0.2, 0.25) is 0 Å². The van der Waals surface area contributed by atoms with Crippen LogP contribution in [-0.4, -0.2) is 32.4 Å². The number of carbonyl (C=O) groups is 1. The van der Waals surface area contributed by atoms with Crippen molar-refractivity contribution in [1.29, 1.82) is 0 Å². The number of hydrogen-bond acceptors (Lipinski definition) is 2. The van der Waals surface area contributed by atoms with Crippen LogP contribution in [0.25, 0.3) is 0 Å². The number of alkyl halides is 1. The molecule has 0 aromatic carbocycles. The van der Waals surface area contributed by atoms with Crippen molar-refractivity contribution >= 4 is 17.7 Å². The van der Waals surface area contributed by atoms with Gasteiger partial charge in [0.2, 0.25) is 0 Å². The van der Waals surface area contributed by atoms with Crippen LogP contribution >= 0.6 is 11.6 Å². The first kappa shape index (κ1) is 10.3. The molecular weight excluding hydrogens is 218 g/mol. The molecule has 2 heterocycles. The fourth-order valence-electron chi connectivity index (χ4n) is 1.75. The number of hydrogen-bond donors (Lipinski definition) is 1. The molecule has 0 spiro atoms. The Kier molecular flexibility index (Phi) is 2.81. The molecule has 0 bridgehead atoms. The lowest BCUT2D eigenvalue weighted by Gasteiger charge is -2.14. The van der Waals surface area contributed by atoms with Crippen LogP contribution in [0, 0.1) is 0 Å². The summed E-state index contributed by atoms with van der Waals surface area (Å²) >= 11 is 5.68. The van der Waals surface area contributed by atoms with Gasteiger partial charge in [0.05, 0.1) is 23.8 Å². The van der Waals surface area contributed by atoms with E-state index in [1.165, 1.54) is 4.90 Å². The summed E-state index contributed by atoms with van der Waals surface area (Å²) in [7, 11) is 0. The fraction of sp³-hybridized carbons (Fsp3) is 0.556. The van der Waals surface area contributed by atoms with Crippen molar-refractivity contribution in [2.24, 2.45) is 0 Å². The highest BCUT2D eigenvalue weighted by Gasteiger charge is 2.19. The molecule has 0 atom stereocenters. The van der Waals surface area contributed by atoms with Gasteiger partial charge < -0.3 is 10.0 Å². The standard InChI is InChI=1S/C9H12ClN3O2/c10-5-7-4-8-6-12(9(14)15)2-1-3-13(8)11-7/h4H,1-3,5-6H2,(H,14,15). The van der Waals surface area contributed by atoms with Crippen LogP contribution in [-0.2, 0) is 19.0 Å². The molecule has 1 aliphatic heterocycles. The minimum absolute atomic E-state index is 0.368. The number of carboxylic acid groups (broad SMARTS) is 1. The van der Waals surface area contributed by atoms with Crippen molar-refractivity contribution in [3.8, 4) is 0 Å². The van der Waals surface area contributed by atoms with E-state index in [2.05, 4.69) is 5.10 Å². The van der Waals surface area contributed by atoms with E-state index >= 15 is 0 Å². The normalized spacial score (nSPS) is 15.9. The molecule has 1 N–H and O–H groups in total. The van der Waals surface area contributed by atoms with E-state index in [0.717, 1.165) is 24.4 Å².